The van der Waals surface area contributed by atoms with E-state index in [0.717, 1.165) is 0 Å². The summed E-state index contributed by atoms with van der Waals surface area (Å²) in [6.07, 6.45) is -0.319. The van der Waals surface area contributed by atoms with Gasteiger partial charge in [0.2, 0.25) is 11.8 Å². The van der Waals surface area contributed by atoms with Crippen molar-refractivity contribution in [2.75, 3.05) is 13.2 Å². The average molecular weight is 256 g/mol. The molecule has 4 N–H and O–H groups in total. The Balaban J connectivity index is 3.45. The Morgan fingerprint density at radius 3 is 1.69 bits per heavy atom. The van der Waals surface area contributed by atoms with Crippen molar-refractivity contribution in [3.05, 3.63) is 0 Å². The Morgan fingerprint density at radius 1 is 1.00 bits per heavy atom. The lowest BCUT2D eigenvalue weighted by atomic mass is 10.4. The molecule has 0 aromatic rings. The third kappa shape index (κ3) is 8.33. The highest BCUT2D eigenvalue weighted by Gasteiger charge is 2.05. The van der Waals surface area contributed by atoms with Crippen LogP contribution in [0.3, 0.4) is 0 Å². The highest BCUT2D eigenvalue weighted by Crippen LogP contribution is 2.23. The van der Waals surface area contributed by atoms with Crippen LogP contribution >= 0.6 is 8.25 Å². The summed E-state index contributed by atoms with van der Waals surface area (Å²) in [7, 11) is -2.77. The lowest BCUT2D eigenvalue weighted by Crippen LogP contribution is -2.20. The maximum atomic E-state index is 10.9. The highest BCUT2D eigenvalue weighted by molar-refractivity contribution is 7.33. The van der Waals surface area contributed by atoms with Gasteiger partial charge in [0.05, 0.1) is 26.1 Å². The molecule has 0 spiro atoms. The number of carbonyl (C=O) groups is 2. The second kappa shape index (κ2) is 9.25. The number of hydrogen-bond acceptors (Lipinski definition) is 7. The fraction of sp³-hybridized carbons (Fsp3) is 0.667. The fourth-order valence-electron chi connectivity index (χ4n) is 0.608. The van der Waals surface area contributed by atoms with E-state index in [4.69, 9.17) is 10.4 Å². The highest BCUT2D eigenvalue weighted by atomic mass is 31.1. The lowest BCUT2D eigenvalue weighted by Gasteiger charge is -2.04. The predicted molar refractivity (Wildman–Crippen MR) is 50.0 cm³/mol. The topological polar surface area (TPSA) is 134 Å². The molecule has 16 heavy (non-hydrogen) atoms. The summed E-state index contributed by atoms with van der Waals surface area (Å²) in [4.78, 5) is 21.0. The molecule has 0 saturated carbocycles. The van der Waals surface area contributed by atoms with Crippen LogP contribution < -0.4 is 11.0 Å². The van der Waals surface area contributed by atoms with Crippen molar-refractivity contribution in [2.45, 2.75) is 12.8 Å². The van der Waals surface area contributed by atoms with Crippen molar-refractivity contribution in [3.8, 4) is 0 Å². The van der Waals surface area contributed by atoms with Crippen LogP contribution in [-0.4, -0.2) is 35.4 Å². The van der Waals surface area contributed by atoms with E-state index in [1.807, 2.05) is 0 Å². The van der Waals surface area contributed by atoms with Crippen LogP contribution in [0.15, 0.2) is 0 Å². The van der Waals surface area contributed by atoms with Crippen LogP contribution in [0, 0.1) is 0 Å². The molecule has 0 saturated heterocycles. The molecule has 0 bridgehead atoms. The first-order chi connectivity index (χ1) is 7.60. The molecule has 94 valence electrons. The van der Waals surface area contributed by atoms with Gasteiger partial charge in [-0.05, 0) is 0 Å². The molecule has 0 aliphatic heterocycles. The standard InChI is InChI=1S/C6H13N2O7P/c9-5(7-11)1-3-14-16(13)15-4-2-6(10)8-12/h11-12,16H,1-4H2,(H,7,9)(H,8,10). The largest absolute Gasteiger partial charge is 0.319 e. The van der Waals surface area contributed by atoms with Gasteiger partial charge in [-0.2, -0.15) is 0 Å². The minimum Gasteiger partial charge on any atom is -0.310 e. The molecule has 0 aromatic carbocycles. The first kappa shape index (κ1) is 15.0. The molecular formula is C6H13N2O7P. The van der Waals surface area contributed by atoms with Crippen molar-refractivity contribution >= 4 is 20.1 Å². The molecule has 0 unspecified atom stereocenters. The van der Waals surface area contributed by atoms with E-state index < -0.39 is 20.1 Å². The average Bonchev–Trinajstić information content (AvgIpc) is 2.28. The Hall–Kier alpha value is -0.990. The third-order valence-corrected chi connectivity index (χ3v) is 2.23. The van der Waals surface area contributed by atoms with Gasteiger partial charge < -0.3 is 9.05 Å². The Labute approximate surface area is 91.6 Å². The van der Waals surface area contributed by atoms with Gasteiger partial charge in [-0.25, -0.2) is 11.0 Å². The van der Waals surface area contributed by atoms with Gasteiger partial charge in [0.1, 0.15) is 0 Å². The summed E-state index contributed by atoms with van der Waals surface area (Å²) in [6, 6.07) is 0. The summed E-state index contributed by atoms with van der Waals surface area (Å²) < 4.78 is 20.1. The van der Waals surface area contributed by atoms with Gasteiger partial charge in [0, 0.05) is 0 Å². The summed E-state index contributed by atoms with van der Waals surface area (Å²) in [5.41, 5.74) is 2.75. The molecule has 2 amide bonds. The van der Waals surface area contributed by atoms with E-state index >= 15 is 0 Å². The van der Waals surface area contributed by atoms with Gasteiger partial charge in [-0.3, -0.25) is 24.6 Å². The number of rotatable bonds is 8. The molecule has 0 fully saturated rings. The monoisotopic (exact) mass is 256 g/mol. The van der Waals surface area contributed by atoms with Crippen molar-refractivity contribution < 1.29 is 33.6 Å². The lowest BCUT2D eigenvalue weighted by molar-refractivity contribution is -0.130. The smallest absolute Gasteiger partial charge is 0.310 e. The van der Waals surface area contributed by atoms with Gasteiger partial charge in [0.15, 0.2) is 0 Å². The fourth-order valence-corrected chi connectivity index (χ4v) is 1.23. The van der Waals surface area contributed by atoms with Gasteiger partial charge in [0.25, 0.3) is 0 Å². The quantitative estimate of drug-likeness (QED) is 0.253. The maximum Gasteiger partial charge on any atom is 0.319 e. The van der Waals surface area contributed by atoms with Crippen LogP contribution in [0.5, 0.6) is 0 Å². The van der Waals surface area contributed by atoms with E-state index in [-0.39, 0.29) is 26.1 Å². The molecular weight excluding hydrogens is 243 g/mol. The molecule has 0 aromatic heterocycles. The zero-order valence-electron chi connectivity index (χ0n) is 8.26. The normalized spacial score (nSPS) is 10.2. The van der Waals surface area contributed by atoms with E-state index in [1.54, 1.807) is 0 Å². The Kier molecular flexibility index (Phi) is 8.68. The summed E-state index contributed by atoms with van der Waals surface area (Å²) in [6.45, 7) is -0.341. The minimum absolute atomic E-state index is 0.159. The number of amides is 2. The zero-order chi connectivity index (χ0) is 12.4. The van der Waals surface area contributed by atoms with E-state index in [0.29, 0.717) is 0 Å². The zero-order valence-corrected chi connectivity index (χ0v) is 9.26. The summed E-state index contributed by atoms with van der Waals surface area (Å²) in [5, 5.41) is 16.2. The summed E-state index contributed by atoms with van der Waals surface area (Å²) in [5.74, 6) is -1.34. The molecule has 10 heteroatoms. The predicted octanol–water partition coefficient (Wildman–Crippen LogP) is -0.800. The molecule has 0 aliphatic rings. The van der Waals surface area contributed by atoms with Gasteiger partial charge in [-0.15, -0.1) is 0 Å². The van der Waals surface area contributed by atoms with E-state index in [9.17, 15) is 14.2 Å². The third-order valence-electron chi connectivity index (χ3n) is 1.35. The van der Waals surface area contributed by atoms with Crippen LogP contribution in [0.4, 0.5) is 0 Å². The van der Waals surface area contributed by atoms with Crippen molar-refractivity contribution in [1.82, 2.24) is 11.0 Å². The summed E-state index contributed by atoms with van der Waals surface area (Å²) >= 11 is 0. The number of hydrogen-bond donors (Lipinski definition) is 4. The van der Waals surface area contributed by atoms with Crippen molar-refractivity contribution in [2.24, 2.45) is 0 Å². The maximum absolute atomic E-state index is 10.9. The first-order valence-corrected chi connectivity index (χ1v) is 5.48. The molecule has 9 nitrogen and oxygen atoms in total. The first-order valence-electron chi connectivity index (χ1n) is 4.25. The Bertz CT molecular complexity index is 235. The van der Waals surface area contributed by atoms with Gasteiger partial charge in [-0.1, -0.05) is 0 Å². The van der Waals surface area contributed by atoms with Crippen LogP contribution in [0.25, 0.3) is 0 Å². The molecule has 0 atom stereocenters. The second-order valence-electron chi connectivity index (χ2n) is 2.52. The van der Waals surface area contributed by atoms with E-state index in [1.165, 1.54) is 11.0 Å². The molecule has 0 rings (SSSR count). The number of carbonyl (C=O) groups excluding carboxylic acids is 2. The van der Waals surface area contributed by atoms with E-state index in [2.05, 4.69) is 9.05 Å². The van der Waals surface area contributed by atoms with Crippen molar-refractivity contribution in [1.29, 1.82) is 0 Å². The van der Waals surface area contributed by atoms with Crippen LogP contribution in [-0.2, 0) is 23.2 Å². The van der Waals surface area contributed by atoms with Gasteiger partial charge >= 0.3 is 8.25 Å². The minimum atomic E-state index is -2.77. The number of nitrogens with one attached hydrogen (secondary N) is 2. The molecule has 0 radical (unpaired) electrons. The van der Waals surface area contributed by atoms with Crippen LogP contribution in [0.1, 0.15) is 12.8 Å². The molecule has 0 aliphatic carbocycles. The van der Waals surface area contributed by atoms with Crippen molar-refractivity contribution in [3.63, 3.8) is 0 Å². The second-order valence-corrected chi connectivity index (χ2v) is 3.59. The number of hydroxylamine groups is 2. The van der Waals surface area contributed by atoms with Crippen LogP contribution in [0.2, 0.25) is 0 Å². The Morgan fingerprint density at radius 2 is 1.38 bits per heavy atom. The SMILES string of the molecule is O=C(CCO[PH](=O)OCCC(=O)NO)NO. The molecule has 0 heterocycles.